The molecule has 190 valence electrons. The number of rotatable bonds is 9. The monoisotopic (exact) mass is 507 g/mol. The maximum Gasteiger partial charge on any atom is 0.323 e. The number of hydrogen-bond acceptors (Lipinski definition) is 6. The van der Waals surface area contributed by atoms with Crippen molar-refractivity contribution in [2.45, 2.75) is 50.2 Å². The first-order valence-electron chi connectivity index (χ1n) is 11.4. The molecule has 2 aliphatic rings. The van der Waals surface area contributed by atoms with Crippen LogP contribution in [-0.4, -0.2) is 99.2 Å². The molecule has 1 aliphatic carbocycles. The third-order valence-electron chi connectivity index (χ3n) is 6.19. The fourth-order valence-electron chi connectivity index (χ4n) is 4.09. The number of nitrogens with two attached hydrogens (primary N) is 1. The summed E-state index contributed by atoms with van der Waals surface area (Å²) in [5.41, 5.74) is 5.57. The molecule has 3 rings (SSSR count). The molecule has 0 aromatic carbocycles. The van der Waals surface area contributed by atoms with Crippen LogP contribution in [0.4, 0.5) is 0 Å². The number of amides is 3. The maximum atomic E-state index is 13.3. The normalized spacial score (nSPS) is 18.3. The Morgan fingerprint density at radius 2 is 2.03 bits per heavy atom. The summed E-state index contributed by atoms with van der Waals surface area (Å²) in [6.07, 6.45) is 3.75. The zero-order valence-corrected chi connectivity index (χ0v) is 20.2. The molecule has 1 aromatic rings. The van der Waals surface area contributed by atoms with Gasteiger partial charge in [-0.05, 0) is 37.8 Å². The van der Waals surface area contributed by atoms with E-state index in [1.807, 2.05) is 0 Å². The molecule has 1 saturated carbocycles. The van der Waals surface area contributed by atoms with Gasteiger partial charge in [0.2, 0.25) is 11.8 Å². The molecule has 13 heteroatoms. The molecule has 3 amide bonds. The van der Waals surface area contributed by atoms with Gasteiger partial charge in [0.05, 0.1) is 6.42 Å². The number of aliphatic carboxylic acids is 1. The number of carbonyl (C=O) groups is 4. The molecule has 2 atom stereocenters. The van der Waals surface area contributed by atoms with Crippen LogP contribution < -0.4 is 11.1 Å². The fraction of sp³-hybridized carbons (Fsp3) is 0.545. The van der Waals surface area contributed by atoms with Crippen molar-refractivity contribution in [1.29, 1.82) is 5.41 Å². The van der Waals surface area contributed by atoms with E-state index in [0.29, 0.717) is 32.4 Å². The number of carboxylic acids is 1. The van der Waals surface area contributed by atoms with E-state index in [2.05, 4.69) is 10.3 Å². The van der Waals surface area contributed by atoms with Gasteiger partial charge < -0.3 is 30.9 Å². The number of nitrogens with zero attached hydrogens (tertiary/aromatic N) is 4. The lowest BCUT2D eigenvalue weighted by Crippen LogP contribution is -2.55. The van der Waals surface area contributed by atoms with E-state index < -0.39 is 36.3 Å². The number of nitrogens with one attached hydrogen (secondary N) is 2. The van der Waals surface area contributed by atoms with Crippen molar-refractivity contribution in [2.24, 2.45) is 5.73 Å². The summed E-state index contributed by atoms with van der Waals surface area (Å²) in [5.74, 6) is -2.99. The predicted octanol–water partition coefficient (Wildman–Crippen LogP) is 0.115. The number of likely N-dealkylation sites (N-methyl/N-ethyl adjacent to an activating group) is 1. The number of likely N-dealkylation sites (tertiary alicyclic amines) is 1. The number of carboxylic acid groups (broad SMARTS) is 1. The minimum atomic E-state index is -1.29. The van der Waals surface area contributed by atoms with Crippen molar-refractivity contribution < 1.29 is 24.3 Å². The molecule has 0 unspecified atom stereocenters. The molecule has 2 fully saturated rings. The molecular weight excluding hydrogens is 478 g/mol. The fourth-order valence-corrected chi connectivity index (χ4v) is 4.25. The number of halogens is 1. The largest absolute Gasteiger partial charge is 0.480 e. The average Bonchev–Trinajstić information content (AvgIpc) is 3.66. The van der Waals surface area contributed by atoms with Crippen molar-refractivity contribution in [3.63, 3.8) is 0 Å². The van der Waals surface area contributed by atoms with Crippen LogP contribution in [0.3, 0.4) is 0 Å². The van der Waals surface area contributed by atoms with Crippen LogP contribution in [0, 0.1) is 5.41 Å². The smallest absolute Gasteiger partial charge is 0.323 e. The molecule has 0 bridgehead atoms. The Hall–Kier alpha value is -3.41. The van der Waals surface area contributed by atoms with Crippen LogP contribution in [0.25, 0.3) is 0 Å². The lowest BCUT2D eigenvalue weighted by Gasteiger charge is -2.38. The molecule has 1 aliphatic heterocycles. The SMILES string of the molecule is CN(C(=O)C[C@H](NC(=O)c1cc(Cl)ccn1)C(=O)N(CC(=O)O)C1CC1)[C@H]1CCCN(C(=N)N)C1. The molecule has 1 saturated heterocycles. The lowest BCUT2D eigenvalue weighted by molar-refractivity contribution is -0.146. The van der Waals surface area contributed by atoms with E-state index >= 15 is 0 Å². The van der Waals surface area contributed by atoms with Gasteiger partial charge in [-0.3, -0.25) is 29.6 Å². The molecule has 12 nitrogen and oxygen atoms in total. The molecular formula is C22H30ClN7O5. The summed E-state index contributed by atoms with van der Waals surface area (Å²) in [5, 5.41) is 19.8. The molecule has 2 heterocycles. The van der Waals surface area contributed by atoms with Crippen LogP contribution in [-0.2, 0) is 14.4 Å². The van der Waals surface area contributed by atoms with E-state index in [9.17, 15) is 24.3 Å². The second-order valence-corrected chi connectivity index (χ2v) is 9.25. The standard InChI is InChI=1S/C22H30ClN7O5/c1-28(15-3-2-8-29(11-15)22(24)25)18(31)10-17(21(35)30(12-19(32)33)14-4-5-14)27-20(34)16-9-13(23)6-7-26-16/h6-7,9,14-15,17H,2-5,8,10-12H2,1H3,(H3,24,25)(H,27,34)(H,32,33)/t15-,17-/m0/s1. The highest BCUT2D eigenvalue weighted by Crippen LogP contribution is 2.28. The van der Waals surface area contributed by atoms with E-state index in [1.165, 1.54) is 28.1 Å². The summed E-state index contributed by atoms with van der Waals surface area (Å²) in [6, 6.07) is 1.08. The Morgan fingerprint density at radius 3 is 2.63 bits per heavy atom. The highest BCUT2D eigenvalue weighted by molar-refractivity contribution is 6.30. The Balaban J connectivity index is 1.78. The van der Waals surface area contributed by atoms with Crippen LogP contribution in [0.5, 0.6) is 0 Å². The average molecular weight is 508 g/mol. The van der Waals surface area contributed by atoms with Crippen molar-refractivity contribution in [3.05, 3.63) is 29.0 Å². The highest BCUT2D eigenvalue weighted by Gasteiger charge is 2.39. The van der Waals surface area contributed by atoms with Gasteiger partial charge in [0.25, 0.3) is 5.91 Å². The Kier molecular flexibility index (Phi) is 8.49. The minimum Gasteiger partial charge on any atom is -0.480 e. The number of piperidine rings is 1. The molecule has 0 radical (unpaired) electrons. The zero-order chi connectivity index (χ0) is 25.7. The van der Waals surface area contributed by atoms with E-state index in [1.54, 1.807) is 11.9 Å². The predicted molar refractivity (Wildman–Crippen MR) is 127 cm³/mol. The first kappa shape index (κ1) is 26.2. The van der Waals surface area contributed by atoms with E-state index in [-0.39, 0.29) is 35.2 Å². The Labute approximate surface area is 207 Å². The molecule has 5 N–H and O–H groups in total. The second-order valence-electron chi connectivity index (χ2n) is 8.81. The van der Waals surface area contributed by atoms with Crippen molar-refractivity contribution in [1.82, 2.24) is 25.0 Å². The number of aromatic nitrogens is 1. The topological polar surface area (TPSA) is 173 Å². The summed E-state index contributed by atoms with van der Waals surface area (Å²) >= 11 is 5.94. The number of guanidine groups is 1. The highest BCUT2D eigenvalue weighted by atomic mass is 35.5. The Morgan fingerprint density at radius 1 is 1.31 bits per heavy atom. The molecule has 1 aromatic heterocycles. The van der Waals surface area contributed by atoms with Gasteiger partial charge in [0.15, 0.2) is 5.96 Å². The number of hydrogen-bond donors (Lipinski definition) is 4. The van der Waals surface area contributed by atoms with Gasteiger partial charge in [0.1, 0.15) is 18.3 Å². The minimum absolute atomic E-state index is 0.0308. The summed E-state index contributed by atoms with van der Waals surface area (Å²) in [7, 11) is 1.61. The van der Waals surface area contributed by atoms with Crippen LogP contribution in [0.2, 0.25) is 5.02 Å². The molecule has 0 spiro atoms. The summed E-state index contributed by atoms with van der Waals surface area (Å²) < 4.78 is 0. The second kappa shape index (κ2) is 11.3. The quantitative estimate of drug-likeness (QED) is 0.269. The summed E-state index contributed by atoms with van der Waals surface area (Å²) in [6.45, 7) is 0.497. The third-order valence-corrected chi connectivity index (χ3v) is 6.43. The van der Waals surface area contributed by atoms with Crippen molar-refractivity contribution >= 4 is 41.3 Å². The molecule has 35 heavy (non-hydrogen) atoms. The van der Waals surface area contributed by atoms with Gasteiger partial charge in [0, 0.05) is 43.4 Å². The lowest BCUT2D eigenvalue weighted by atomic mass is 10.0. The van der Waals surface area contributed by atoms with Crippen LogP contribution >= 0.6 is 11.6 Å². The van der Waals surface area contributed by atoms with Crippen molar-refractivity contribution in [2.75, 3.05) is 26.7 Å². The van der Waals surface area contributed by atoms with E-state index in [0.717, 1.165) is 6.42 Å². The van der Waals surface area contributed by atoms with Gasteiger partial charge in [-0.1, -0.05) is 11.6 Å². The van der Waals surface area contributed by atoms with Crippen LogP contribution in [0.15, 0.2) is 18.3 Å². The number of pyridine rings is 1. The van der Waals surface area contributed by atoms with Gasteiger partial charge >= 0.3 is 5.97 Å². The zero-order valence-electron chi connectivity index (χ0n) is 19.4. The van der Waals surface area contributed by atoms with Gasteiger partial charge in [-0.15, -0.1) is 0 Å². The van der Waals surface area contributed by atoms with Crippen molar-refractivity contribution in [3.8, 4) is 0 Å². The van der Waals surface area contributed by atoms with Crippen LogP contribution in [0.1, 0.15) is 42.6 Å². The summed E-state index contributed by atoms with van der Waals surface area (Å²) in [4.78, 5) is 59.0. The third kappa shape index (κ3) is 7.04. The van der Waals surface area contributed by atoms with Gasteiger partial charge in [-0.2, -0.15) is 0 Å². The first-order valence-corrected chi connectivity index (χ1v) is 11.7. The van der Waals surface area contributed by atoms with Gasteiger partial charge in [-0.25, -0.2) is 0 Å². The van der Waals surface area contributed by atoms with E-state index in [4.69, 9.17) is 22.7 Å². The Bertz CT molecular complexity index is 1000. The first-order chi connectivity index (χ1) is 16.6. The number of carbonyl (C=O) groups excluding carboxylic acids is 3. The maximum absolute atomic E-state index is 13.3.